The number of nitrogens with two attached hydrogens (primary N) is 1. The van der Waals surface area contributed by atoms with Gasteiger partial charge in [-0.25, -0.2) is 13.6 Å². The molecule has 0 fully saturated rings. The van der Waals surface area contributed by atoms with E-state index in [1.165, 1.54) is 7.11 Å². The molecule has 1 rings (SSSR count). The summed E-state index contributed by atoms with van der Waals surface area (Å²) in [6, 6.07) is 1.45. The van der Waals surface area contributed by atoms with Crippen molar-refractivity contribution in [1.29, 1.82) is 0 Å². The molecule has 0 aromatic heterocycles. The minimum absolute atomic E-state index is 0.0409. The van der Waals surface area contributed by atoms with Crippen molar-refractivity contribution in [3.8, 4) is 0 Å². The molecule has 1 aromatic rings. The van der Waals surface area contributed by atoms with Crippen LogP contribution in [0.2, 0.25) is 0 Å². The van der Waals surface area contributed by atoms with Crippen molar-refractivity contribution < 1.29 is 23.0 Å². The van der Waals surface area contributed by atoms with Crippen molar-refractivity contribution in [3.05, 3.63) is 29.3 Å². The fourth-order valence-corrected chi connectivity index (χ4v) is 1.06. The number of anilines is 1. The summed E-state index contributed by atoms with van der Waals surface area (Å²) in [6.45, 7) is 1.63. The fourth-order valence-electron chi connectivity index (χ4n) is 1.06. The molecule has 4 nitrogen and oxygen atoms in total. The Hall–Kier alpha value is -1.69. The van der Waals surface area contributed by atoms with Crippen molar-refractivity contribution in [2.45, 2.75) is 13.0 Å². The SMILES string of the molecule is COC(C)COC(=O)c1cc(F)c(N)cc1F. The van der Waals surface area contributed by atoms with E-state index in [-0.39, 0.29) is 18.4 Å². The van der Waals surface area contributed by atoms with Gasteiger partial charge in [0, 0.05) is 13.2 Å². The predicted molar refractivity (Wildman–Crippen MR) is 57.5 cm³/mol. The van der Waals surface area contributed by atoms with Crippen molar-refractivity contribution in [2.75, 3.05) is 19.5 Å². The lowest BCUT2D eigenvalue weighted by Gasteiger charge is -2.10. The van der Waals surface area contributed by atoms with E-state index in [1.54, 1.807) is 6.92 Å². The molecule has 0 saturated heterocycles. The number of carbonyl (C=O) groups excluding carboxylic acids is 1. The van der Waals surface area contributed by atoms with Crippen LogP contribution in [0.1, 0.15) is 17.3 Å². The van der Waals surface area contributed by atoms with Crippen LogP contribution in [0.25, 0.3) is 0 Å². The molecule has 0 radical (unpaired) electrons. The van der Waals surface area contributed by atoms with Crippen molar-refractivity contribution in [2.24, 2.45) is 0 Å². The maximum Gasteiger partial charge on any atom is 0.341 e. The number of methoxy groups -OCH3 is 1. The van der Waals surface area contributed by atoms with Gasteiger partial charge >= 0.3 is 5.97 Å². The summed E-state index contributed by atoms with van der Waals surface area (Å²) >= 11 is 0. The average Bonchev–Trinajstić information content (AvgIpc) is 2.30. The normalized spacial score (nSPS) is 12.2. The second-order valence-electron chi connectivity index (χ2n) is 3.50. The first kappa shape index (κ1) is 13.4. The summed E-state index contributed by atoms with van der Waals surface area (Å²) in [4.78, 5) is 11.4. The van der Waals surface area contributed by atoms with Crippen LogP contribution in [-0.4, -0.2) is 25.8 Å². The minimum atomic E-state index is -0.953. The lowest BCUT2D eigenvalue weighted by molar-refractivity contribution is 0.0165. The number of rotatable bonds is 4. The number of hydrogen-bond donors (Lipinski definition) is 1. The van der Waals surface area contributed by atoms with E-state index in [9.17, 15) is 13.6 Å². The molecular formula is C11H13F2NO3. The van der Waals surface area contributed by atoms with E-state index < -0.39 is 23.2 Å². The van der Waals surface area contributed by atoms with Crippen LogP contribution in [0, 0.1) is 11.6 Å². The van der Waals surface area contributed by atoms with Crippen LogP contribution in [-0.2, 0) is 9.47 Å². The van der Waals surface area contributed by atoms with Gasteiger partial charge in [0.1, 0.15) is 18.2 Å². The smallest absolute Gasteiger partial charge is 0.341 e. The molecule has 0 aliphatic carbocycles. The van der Waals surface area contributed by atoms with Gasteiger partial charge < -0.3 is 15.2 Å². The van der Waals surface area contributed by atoms with E-state index in [2.05, 4.69) is 0 Å². The Kier molecular flexibility index (Phi) is 4.39. The number of halogens is 2. The largest absolute Gasteiger partial charge is 0.459 e. The second-order valence-corrected chi connectivity index (χ2v) is 3.50. The van der Waals surface area contributed by atoms with Crippen LogP contribution in [0.3, 0.4) is 0 Å². The molecule has 6 heteroatoms. The standard InChI is InChI=1S/C11H13F2NO3/c1-6(16-2)5-17-11(15)7-3-9(13)10(14)4-8(7)12/h3-4,6H,5,14H2,1-2H3. The Morgan fingerprint density at radius 2 is 2.06 bits per heavy atom. The van der Waals surface area contributed by atoms with Gasteiger partial charge in [0.25, 0.3) is 0 Å². The molecular weight excluding hydrogens is 232 g/mol. The van der Waals surface area contributed by atoms with Gasteiger partial charge in [0.15, 0.2) is 0 Å². The Labute approximate surface area is 97.3 Å². The fraction of sp³-hybridized carbons (Fsp3) is 0.364. The topological polar surface area (TPSA) is 61.5 Å². The van der Waals surface area contributed by atoms with Crippen LogP contribution < -0.4 is 5.73 Å². The molecule has 0 aliphatic heterocycles. The third kappa shape index (κ3) is 3.39. The van der Waals surface area contributed by atoms with Crippen LogP contribution >= 0.6 is 0 Å². The number of hydrogen-bond acceptors (Lipinski definition) is 4. The molecule has 17 heavy (non-hydrogen) atoms. The third-order valence-electron chi connectivity index (χ3n) is 2.16. The summed E-state index contributed by atoms with van der Waals surface area (Å²) in [6.07, 6.45) is -0.319. The van der Waals surface area contributed by atoms with E-state index in [0.29, 0.717) is 6.07 Å². The van der Waals surface area contributed by atoms with E-state index in [4.69, 9.17) is 15.2 Å². The Morgan fingerprint density at radius 1 is 1.41 bits per heavy atom. The van der Waals surface area contributed by atoms with Gasteiger partial charge in [-0.1, -0.05) is 0 Å². The average molecular weight is 245 g/mol. The molecule has 1 atom stereocenters. The highest BCUT2D eigenvalue weighted by Gasteiger charge is 2.17. The number of ether oxygens (including phenoxy) is 2. The zero-order chi connectivity index (χ0) is 13.0. The highest BCUT2D eigenvalue weighted by atomic mass is 19.1. The summed E-state index contributed by atoms with van der Waals surface area (Å²) in [7, 11) is 1.45. The maximum absolute atomic E-state index is 13.3. The Bertz CT molecular complexity index is 423. The third-order valence-corrected chi connectivity index (χ3v) is 2.16. The van der Waals surface area contributed by atoms with Gasteiger partial charge in [-0.3, -0.25) is 0 Å². The summed E-state index contributed by atoms with van der Waals surface area (Å²) in [5, 5.41) is 0. The van der Waals surface area contributed by atoms with Crippen molar-refractivity contribution in [3.63, 3.8) is 0 Å². The zero-order valence-corrected chi connectivity index (χ0v) is 9.50. The first-order valence-corrected chi connectivity index (χ1v) is 4.90. The molecule has 0 heterocycles. The van der Waals surface area contributed by atoms with E-state index in [0.717, 1.165) is 6.07 Å². The Balaban J connectivity index is 2.79. The first-order chi connectivity index (χ1) is 7.95. The quantitative estimate of drug-likeness (QED) is 0.648. The van der Waals surface area contributed by atoms with Crippen molar-refractivity contribution in [1.82, 2.24) is 0 Å². The summed E-state index contributed by atoms with van der Waals surface area (Å²) < 4.78 is 36.0. The van der Waals surface area contributed by atoms with Gasteiger partial charge in [-0.2, -0.15) is 0 Å². The molecule has 1 unspecified atom stereocenters. The highest BCUT2D eigenvalue weighted by Crippen LogP contribution is 2.17. The number of esters is 1. The van der Waals surface area contributed by atoms with Gasteiger partial charge in [-0.15, -0.1) is 0 Å². The van der Waals surface area contributed by atoms with E-state index in [1.807, 2.05) is 0 Å². The lowest BCUT2D eigenvalue weighted by atomic mass is 10.2. The molecule has 0 saturated carbocycles. The van der Waals surface area contributed by atoms with Crippen LogP contribution in [0.5, 0.6) is 0 Å². The van der Waals surface area contributed by atoms with Crippen LogP contribution in [0.15, 0.2) is 12.1 Å². The maximum atomic E-state index is 13.3. The van der Waals surface area contributed by atoms with Gasteiger partial charge in [0.05, 0.1) is 17.4 Å². The molecule has 0 aliphatic rings. The molecule has 2 N–H and O–H groups in total. The van der Waals surface area contributed by atoms with Crippen molar-refractivity contribution >= 4 is 11.7 Å². The Morgan fingerprint density at radius 3 is 2.65 bits per heavy atom. The highest BCUT2D eigenvalue weighted by molar-refractivity contribution is 5.90. The van der Waals surface area contributed by atoms with Gasteiger partial charge in [0.2, 0.25) is 0 Å². The predicted octanol–water partition coefficient (Wildman–Crippen LogP) is 1.74. The molecule has 94 valence electrons. The number of carbonyl (C=O) groups is 1. The number of benzene rings is 1. The summed E-state index contributed by atoms with van der Waals surface area (Å²) in [5.41, 5.74) is 4.30. The first-order valence-electron chi connectivity index (χ1n) is 4.90. The zero-order valence-electron chi connectivity index (χ0n) is 9.50. The summed E-state index contributed by atoms with van der Waals surface area (Å²) in [5.74, 6) is -2.73. The second kappa shape index (κ2) is 5.58. The molecule has 0 bridgehead atoms. The van der Waals surface area contributed by atoms with E-state index >= 15 is 0 Å². The minimum Gasteiger partial charge on any atom is -0.459 e. The molecule has 0 amide bonds. The van der Waals surface area contributed by atoms with Gasteiger partial charge in [-0.05, 0) is 13.0 Å². The molecule has 1 aromatic carbocycles. The lowest BCUT2D eigenvalue weighted by Crippen LogP contribution is -2.18. The molecule has 0 spiro atoms. The van der Waals surface area contributed by atoms with Crippen LogP contribution in [0.4, 0.5) is 14.5 Å². The monoisotopic (exact) mass is 245 g/mol. The number of nitrogen functional groups attached to an aromatic ring is 1.